The third-order valence-electron chi connectivity index (χ3n) is 1.20. The maximum atomic E-state index is 10.1. The molecule has 0 saturated carbocycles. The molecule has 0 aromatic rings. The molecule has 2 nitrogen and oxygen atoms in total. The molecule has 2 heteroatoms. The first-order valence-electron chi connectivity index (χ1n) is 3.81. The summed E-state index contributed by atoms with van der Waals surface area (Å²) < 4.78 is 4.94. The van der Waals surface area contributed by atoms with Crippen molar-refractivity contribution in [2.45, 2.75) is 26.4 Å². The Bertz CT molecular complexity index is 214. The lowest BCUT2D eigenvalue weighted by molar-refractivity contribution is -0.109. The van der Waals surface area contributed by atoms with Crippen molar-refractivity contribution >= 4 is 6.29 Å². The van der Waals surface area contributed by atoms with Gasteiger partial charge in [0.2, 0.25) is 0 Å². The van der Waals surface area contributed by atoms with Crippen LogP contribution in [0.5, 0.6) is 0 Å². The summed E-state index contributed by atoms with van der Waals surface area (Å²) in [6.07, 6.45) is 2.68. The largest absolute Gasteiger partial charge is 0.368 e. The van der Waals surface area contributed by atoms with Crippen molar-refractivity contribution in [3.63, 3.8) is 0 Å². The molecule has 0 rings (SSSR count). The summed E-state index contributed by atoms with van der Waals surface area (Å²) in [7, 11) is 1.55. The highest BCUT2D eigenvalue weighted by Gasteiger charge is 1.98. The third-order valence-corrected chi connectivity index (χ3v) is 1.20. The molecule has 0 fully saturated rings. The van der Waals surface area contributed by atoms with Gasteiger partial charge in [-0.15, -0.1) is 0 Å². The molecule has 0 amide bonds. The molecule has 0 radical (unpaired) electrons. The van der Waals surface area contributed by atoms with Gasteiger partial charge in [-0.2, -0.15) is 0 Å². The molecule has 0 aliphatic heterocycles. The lowest BCUT2D eigenvalue weighted by atomic mass is 10.2. The summed E-state index contributed by atoms with van der Waals surface area (Å²) in [5, 5.41) is 0. The summed E-state index contributed by atoms with van der Waals surface area (Å²) >= 11 is 0. The zero-order valence-corrected chi connectivity index (χ0v) is 7.76. The van der Waals surface area contributed by atoms with Gasteiger partial charge in [0, 0.05) is 13.5 Å². The molecule has 66 valence electrons. The Morgan fingerprint density at radius 1 is 1.58 bits per heavy atom. The highest BCUT2D eigenvalue weighted by molar-refractivity contribution is 5.51. The first-order valence-corrected chi connectivity index (χ1v) is 3.81. The summed E-state index contributed by atoms with van der Waals surface area (Å²) in [5.41, 5.74) is 1.14. The average molecular weight is 166 g/mol. The predicted octanol–water partition coefficient (Wildman–Crippen LogP) is 1.56. The number of hydrogen-bond acceptors (Lipinski definition) is 2. The standard InChI is InChI=1S/C10H14O2/c1-9(2)5-4-6-10(12-3)7-8-11/h5,8,10H,7H2,1-3H3/t10-/m0/s1. The second-order valence-corrected chi connectivity index (χ2v) is 2.64. The first kappa shape index (κ1) is 10.9. The molecule has 0 aromatic carbocycles. The van der Waals surface area contributed by atoms with Gasteiger partial charge in [-0.3, -0.25) is 0 Å². The van der Waals surface area contributed by atoms with E-state index in [1.54, 1.807) is 13.2 Å². The van der Waals surface area contributed by atoms with Gasteiger partial charge in [0.05, 0.1) is 0 Å². The normalized spacial score (nSPS) is 10.9. The topological polar surface area (TPSA) is 26.3 Å². The van der Waals surface area contributed by atoms with E-state index in [9.17, 15) is 4.79 Å². The van der Waals surface area contributed by atoms with E-state index >= 15 is 0 Å². The van der Waals surface area contributed by atoms with E-state index in [0.29, 0.717) is 6.42 Å². The van der Waals surface area contributed by atoms with Gasteiger partial charge >= 0.3 is 0 Å². The number of carbonyl (C=O) groups is 1. The van der Waals surface area contributed by atoms with Crippen LogP contribution in [0.4, 0.5) is 0 Å². The maximum Gasteiger partial charge on any atom is 0.124 e. The van der Waals surface area contributed by atoms with Crippen LogP contribution in [0.2, 0.25) is 0 Å². The van der Waals surface area contributed by atoms with Gasteiger partial charge < -0.3 is 9.53 Å². The fraction of sp³-hybridized carbons (Fsp3) is 0.500. The van der Waals surface area contributed by atoms with E-state index in [1.807, 2.05) is 13.8 Å². The molecule has 0 spiro atoms. The number of hydrogen-bond donors (Lipinski definition) is 0. The minimum absolute atomic E-state index is 0.266. The number of rotatable bonds is 3. The molecule has 0 aliphatic carbocycles. The Hall–Kier alpha value is -1.07. The number of ether oxygens (including phenoxy) is 1. The minimum Gasteiger partial charge on any atom is -0.368 e. The van der Waals surface area contributed by atoms with E-state index in [-0.39, 0.29) is 6.10 Å². The Kier molecular flexibility index (Phi) is 6.04. The van der Waals surface area contributed by atoms with Crippen LogP contribution in [0.3, 0.4) is 0 Å². The number of aldehydes is 1. The molecule has 1 atom stereocenters. The van der Waals surface area contributed by atoms with Gasteiger partial charge in [0.1, 0.15) is 12.4 Å². The number of allylic oxidation sites excluding steroid dienone is 2. The predicted molar refractivity (Wildman–Crippen MR) is 48.7 cm³/mol. The lowest BCUT2D eigenvalue weighted by Gasteiger charge is -2.01. The van der Waals surface area contributed by atoms with Crippen LogP contribution in [0.25, 0.3) is 0 Å². The maximum absolute atomic E-state index is 10.1. The van der Waals surface area contributed by atoms with Crippen LogP contribution in [0.15, 0.2) is 11.6 Å². The minimum atomic E-state index is -0.266. The first-order chi connectivity index (χ1) is 5.70. The zero-order chi connectivity index (χ0) is 9.40. The molecule has 0 aromatic heterocycles. The van der Waals surface area contributed by atoms with Crippen LogP contribution in [-0.4, -0.2) is 19.5 Å². The van der Waals surface area contributed by atoms with Crippen molar-refractivity contribution in [3.05, 3.63) is 11.6 Å². The van der Waals surface area contributed by atoms with Crippen molar-refractivity contribution in [3.8, 4) is 11.8 Å². The van der Waals surface area contributed by atoms with E-state index in [0.717, 1.165) is 11.9 Å². The Morgan fingerprint density at radius 3 is 2.67 bits per heavy atom. The highest BCUT2D eigenvalue weighted by atomic mass is 16.5. The monoisotopic (exact) mass is 166 g/mol. The molecular weight excluding hydrogens is 152 g/mol. The highest BCUT2D eigenvalue weighted by Crippen LogP contribution is 1.92. The summed E-state index contributed by atoms with van der Waals surface area (Å²) in [6.45, 7) is 3.94. The van der Waals surface area contributed by atoms with Gasteiger partial charge in [-0.1, -0.05) is 17.4 Å². The quantitative estimate of drug-likeness (QED) is 0.470. The number of carbonyl (C=O) groups excluding carboxylic acids is 1. The summed E-state index contributed by atoms with van der Waals surface area (Å²) in [5.74, 6) is 5.65. The van der Waals surface area contributed by atoms with Gasteiger partial charge in [-0.05, 0) is 19.9 Å². The second-order valence-electron chi connectivity index (χ2n) is 2.64. The Balaban J connectivity index is 4.05. The van der Waals surface area contributed by atoms with Crippen LogP contribution < -0.4 is 0 Å². The fourth-order valence-corrected chi connectivity index (χ4v) is 0.580. The summed E-state index contributed by atoms with van der Waals surface area (Å²) in [6, 6.07) is 0. The smallest absolute Gasteiger partial charge is 0.124 e. The van der Waals surface area contributed by atoms with Crippen molar-refractivity contribution < 1.29 is 9.53 Å². The van der Waals surface area contributed by atoms with Crippen molar-refractivity contribution in [1.82, 2.24) is 0 Å². The summed E-state index contributed by atoms with van der Waals surface area (Å²) in [4.78, 5) is 10.1. The Labute approximate surface area is 73.6 Å². The van der Waals surface area contributed by atoms with Crippen LogP contribution in [-0.2, 0) is 9.53 Å². The SMILES string of the molecule is CO[C@@H](C#CC=C(C)C)CC=O. The van der Waals surface area contributed by atoms with E-state index < -0.39 is 0 Å². The lowest BCUT2D eigenvalue weighted by Crippen LogP contribution is -2.07. The molecule has 12 heavy (non-hydrogen) atoms. The van der Waals surface area contributed by atoms with E-state index in [4.69, 9.17) is 4.74 Å². The number of methoxy groups -OCH3 is 1. The third kappa shape index (κ3) is 5.70. The van der Waals surface area contributed by atoms with Crippen molar-refractivity contribution in [2.24, 2.45) is 0 Å². The zero-order valence-electron chi connectivity index (χ0n) is 7.76. The molecule has 0 bridgehead atoms. The van der Waals surface area contributed by atoms with Gasteiger partial charge in [-0.25, -0.2) is 0 Å². The van der Waals surface area contributed by atoms with Crippen LogP contribution in [0.1, 0.15) is 20.3 Å². The van der Waals surface area contributed by atoms with Gasteiger partial charge in [0.25, 0.3) is 0 Å². The molecule has 0 heterocycles. The van der Waals surface area contributed by atoms with Crippen LogP contribution >= 0.6 is 0 Å². The van der Waals surface area contributed by atoms with Crippen molar-refractivity contribution in [2.75, 3.05) is 7.11 Å². The van der Waals surface area contributed by atoms with E-state index in [2.05, 4.69) is 11.8 Å². The molecule has 0 unspecified atom stereocenters. The van der Waals surface area contributed by atoms with Crippen LogP contribution in [0, 0.1) is 11.8 Å². The van der Waals surface area contributed by atoms with Gasteiger partial charge in [0.15, 0.2) is 0 Å². The molecule has 0 N–H and O–H groups in total. The second kappa shape index (κ2) is 6.63. The van der Waals surface area contributed by atoms with Crippen molar-refractivity contribution in [1.29, 1.82) is 0 Å². The fourth-order valence-electron chi connectivity index (χ4n) is 0.580. The molecular formula is C10H14O2. The van der Waals surface area contributed by atoms with E-state index in [1.165, 1.54) is 0 Å². The average Bonchev–Trinajstić information content (AvgIpc) is 2.02. The molecule has 0 saturated heterocycles. The Morgan fingerprint density at radius 2 is 2.25 bits per heavy atom. The molecule has 0 aliphatic rings.